The lowest BCUT2D eigenvalue weighted by molar-refractivity contribution is 0.337. The number of likely N-dealkylation sites (N-methyl/N-ethyl adjacent to an activating group) is 1. The largest absolute Gasteiger partial charge is 0.367 e. The fourth-order valence-corrected chi connectivity index (χ4v) is 2.74. The molecule has 17 heavy (non-hydrogen) atoms. The number of hydrogen-bond acceptors (Lipinski definition) is 3. The molecule has 1 unspecified atom stereocenters. The molecule has 1 aliphatic heterocycles. The van der Waals surface area contributed by atoms with Crippen molar-refractivity contribution in [2.75, 3.05) is 31.6 Å². The first-order valence-corrected chi connectivity index (χ1v) is 6.70. The van der Waals surface area contributed by atoms with E-state index < -0.39 is 0 Å². The SMILES string of the molecule is CC1CN(C)CCCN1c1ccncc1CCl. The third kappa shape index (κ3) is 2.90. The standard InChI is InChI=1S/C13H20ClN3/c1-11-10-16(2)6-3-7-17(11)13-4-5-15-9-12(13)8-14/h4-5,9,11H,3,6-8,10H2,1-2H3. The normalized spacial score (nSPS) is 22.5. The lowest BCUT2D eigenvalue weighted by Crippen LogP contribution is -2.38. The first-order chi connectivity index (χ1) is 8.22. The molecule has 0 saturated carbocycles. The monoisotopic (exact) mass is 253 g/mol. The summed E-state index contributed by atoms with van der Waals surface area (Å²) in [5.74, 6) is 0.530. The van der Waals surface area contributed by atoms with Gasteiger partial charge in [-0.1, -0.05) is 0 Å². The Hall–Kier alpha value is -0.800. The Morgan fingerprint density at radius 2 is 2.29 bits per heavy atom. The van der Waals surface area contributed by atoms with Gasteiger partial charge in [0.05, 0.1) is 5.88 Å². The van der Waals surface area contributed by atoms with Gasteiger partial charge in [-0.3, -0.25) is 4.98 Å². The van der Waals surface area contributed by atoms with Crippen molar-refractivity contribution in [1.29, 1.82) is 0 Å². The van der Waals surface area contributed by atoms with Gasteiger partial charge in [-0.15, -0.1) is 11.6 Å². The van der Waals surface area contributed by atoms with Crippen LogP contribution in [-0.4, -0.2) is 42.6 Å². The number of aromatic nitrogens is 1. The Kier molecular flexibility index (Phi) is 4.24. The molecule has 94 valence electrons. The summed E-state index contributed by atoms with van der Waals surface area (Å²) in [4.78, 5) is 9.01. The zero-order valence-corrected chi connectivity index (χ0v) is 11.3. The minimum atomic E-state index is 0.520. The predicted molar refractivity (Wildman–Crippen MR) is 72.7 cm³/mol. The van der Waals surface area contributed by atoms with Gasteiger partial charge in [0.2, 0.25) is 0 Å². The smallest absolute Gasteiger partial charge is 0.0509 e. The lowest BCUT2D eigenvalue weighted by Gasteiger charge is -2.31. The van der Waals surface area contributed by atoms with Gasteiger partial charge in [0.1, 0.15) is 0 Å². The van der Waals surface area contributed by atoms with Crippen molar-refractivity contribution in [2.45, 2.75) is 25.3 Å². The van der Waals surface area contributed by atoms with Gasteiger partial charge < -0.3 is 9.80 Å². The van der Waals surface area contributed by atoms with Gasteiger partial charge in [0.25, 0.3) is 0 Å². The van der Waals surface area contributed by atoms with Crippen molar-refractivity contribution < 1.29 is 0 Å². The Labute approximate surface area is 108 Å². The summed E-state index contributed by atoms with van der Waals surface area (Å²) >= 11 is 5.99. The number of halogens is 1. The number of hydrogen-bond donors (Lipinski definition) is 0. The van der Waals surface area contributed by atoms with Gasteiger partial charge in [-0.05, 0) is 33.0 Å². The number of anilines is 1. The van der Waals surface area contributed by atoms with Gasteiger partial charge in [0.15, 0.2) is 0 Å². The van der Waals surface area contributed by atoms with Crippen LogP contribution >= 0.6 is 11.6 Å². The molecule has 4 heteroatoms. The van der Waals surface area contributed by atoms with E-state index in [1.54, 1.807) is 0 Å². The molecule has 0 aliphatic carbocycles. The van der Waals surface area contributed by atoms with Crippen LogP contribution in [0.1, 0.15) is 18.9 Å². The molecule has 0 aromatic carbocycles. The van der Waals surface area contributed by atoms with E-state index in [1.165, 1.54) is 18.7 Å². The molecule has 0 N–H and O–H groups in total. The third-order valence-electron chi connectivity index (χ3n) is 3.38. The van der Waals surface area contributed by atoms with Crippen molar-refractivity contribution in [3.05, 3.63) is 24.0 Å². The van der Waals surface area contributed by atoms with Crippen molar-refractivity contribution >= 4 is 17.3 Å². The quantitative estimate of drug-likeness (QED) is 0.755. The molecule has 1 aliphatic rings. The van der Waals surface area contributed by atoms with Crippen LogP contribution in [0.4, 0.5) is 5.69 Å². The van der Waals surface area contributed by atoms with E-state index in [1.807, 2.05) is 12.4 Å². The zero-order valence-electron chi connectivity index (χ0n) is 10.6. The van der Waals surface area contributed by atoms with Gasteiger partial charge in [0, 0.05) is 42.8 Å². The second kappa shape index (κ2) is 5.69. The van der Waals surface area contributed by atoms with Crippen LogP contribution in [0.2, 0.25) is 0 Å². The highest BCUT2D eigenvalue weighted by Crippen LogP contribution is 2.24. The topological polar surface area (TPSA) is 19.4 Å². The third-order valence-corrected chi connectivity index (χ3v) is 3.67. The first-order valence-electron chi connectivity index (χ1n) is 6.16. The molecule has 0 radical (unpaired) electrons. The molecule has 1 aromatic rings. The van der Waals surface area contributed by atoms with Crippen molar-refractivity contribution in [1.82, 2.24) is 9.88 Å². The number of pyridine rings is 1. The predicted octanol–water partition coefficient (Wildman–Crippen LogP) is 2.35. The molecular formula is C13H20ClN3. The molecule has 2 rings (SSSR count). The van der Waals surface area contributed by atoms with E-state index in [2.05, 4.69) is 34.8 Å². The highest BCUT2D eigenvalue weighted by molar-refractivity contribution is 6.17. The Morgan fingerprint density at radius 3 is 3.06 bits per heavy atom. The molecule has 1 aromatic heterocycles. The Balaban J connectivity index is 2.25. The second-order valence-corrected chi connectivity index (χ2v) is 5.06. The summed E-state index contributed by atoms with van der Waals surface area (Å²) in [6.45, 7) is 5.64. The van der Waals surface area contributed by atoms with Crippen molar-refractivity contribution in [3.63, 3.8) is 0 Å². The Bertz CT molecular complexity index is 369. The van der Waals surface area contributed by atoms with Crippen LogP contribution in [0.5, 0.6) is 0 Å². The summed E-state index contributed by atoms with van der Waals surface area (Å²) in [5, 5.41) is 0. The van der Waals surface area contributed by atoms with E-state index in [4.69, 9.17) is 11.6 Å². The molecule has 2 heterocycles. The van der Waals surface area contributed by atoms with Crippen LogP contribution in [0, 0.1) is 0 Å². The highest BCUT2D eigenvalue weighted by Gasteiger charge is 2.21. The van der Waals surface area contributed by atoms with Crippen molar-refractivity contribution in [3.8, 4) is 0 Å². The first kappa shape index (κ1) is 12.7. The molecule has 1 saturated heterocycles. The molecule has 0 bridgehead atoms. The van der Waals surface area contributed by atoms with Crippen LogP contribution in [0.15, 0.2) is 18.5 Å². The van der Waals surface area contributed by atoms with Crippen molar-refractivity contribution in [2.24, 2.45) is 0 Å². The summed E-state index contributed by atoms with van der Waals surface area (Å²) in [5.41, 5.74) is 2.38. The molecule has 1 atom stereocenters. The average molecular weight is 254 g/mol. The fourth-order valence-electron chi connectivity index (χ4n) is 2.53. The van der Waals surface area contributed by atoms with E-state index in [0.717, 1.165) is 18.7 Å². The van der Waals surface area contributed by atoms with Crippen LogP contribution in [0.3, 0.4) is 0 Å². The fraction of sp³-hybridized carbons (Fsp3) is 0.615. The highest BCUT2D eigenvalue weighted by atomic mass is 35.5. The van der Waals surface area contributed by atoms with Gasteiger partial charge >= 0.3 is 0 Å². The summed E-state index contributed by atoms with van der Waals surface area (Å²) in [6.07, 6.45) is 4.93. The number of nitrogens with zero attached hydrogens (tertiary/aromatic N) is 3. The Morgan fingerprint density at radius 1 is 1.47 bits per heavy atom. The molecule has 1 fully saturated rings. The van der Waals surface area contributed by atoms with E-state index in [9.17, 15) is 0 Å². The van der Waals surface area contributed by atoms with Crippen LogP contribution in [0.25, 0.3) is 0 Å². The van der Waals surface area contributed by atoms with Crippen LogP contribution in [-0.2, 0) is 5.88 Å². The molecular weight excluding hydrogens is 234 g/mol. The maximum Gasteiger partial charge on any atom is 0.0509 e. The molecule has 0 spiro atoms. The summed E-state index contributed by atoms with van der Waals surface area (Å²) < 4.78 is 0. The average Bonchev–Trinajstić information content (AvgIpc) is 2.50. The minimum absolute atomic E-state index is 0.520. The maximum atomic E-state index is 5.99. The van der Waals surface area contributed by atoms with E-state index in [0.29, 0.717) is 11.9 Å². The maximum absolute atomic E-state index is 5.99. The molecule has 3 nitrogen and oxygen atoms in total. The number of rotatable bonds is 2. The van der Waals surface area contributed by atoms with E-state index >= 15 is 0 Å². The second-order valence-electron chi connectivity index (χ2n) is 4.80. The van der Waals surface area contributed by atoms with Gasteiger partial charge in [-0.2, -0.15) is 0 Å². The number of alkyl halides is 1. The van der Waals surface area contributed by atoms with Gasteiger partial charge in [-0.25, -0.2) is 0 Å². The zero-order chi connectivity index (χ0) is 12.3. The summed E-state index contributed by atoms with van der Waals surface area (Å²) in [6, 6.07) is 2.60. The van der Waals surface area contributed by atoms with E-state index in [-0.39, 0.29) is 0 Å². The minimum Gasteiger partial charge on any atom is -0.367 e. The molecule has 0 amide bonds. The van der Waals surface area contributed by atoms with Crippen LogP contribution < -0.4 is 4.90 Å². The summed E-state index contributed by atoms with van der Waals surface area (Å²) in [7, 11) is 2.19. The lowest BCUT2D eigenvalue weighted by atomic mass is 10.2.